The minimum Gasteiger partial charge on any atom is -0.382 e. The number of hydrogen-bond donors (Lipinski definition) is 5. The Balaban J connectivity index is 1.85. The van der Waals surface area contributed by atoms with Crippen molar-refractivity contribution in [2.75, 3.05) is 18.4 Å². The van der Waals surface area contributed by atoms with Gasteiger partial charge in [0.1, 0.15) is 0 Å². The van der Waals surface area contributed by atoms with Gasteiger partial charge in [0, 0.05) is 34.4 Å². The molecule has 0 saturated carbocycles. The van der Waals surface area contributed by atoms with Crippen LogP contribution in [0.4, 0.5) is 5.69 Å². The molecular formula is C21H18Cl3N5. The Labute approximate surface area is 182 Å². The van der Waals surface area contributed by atoms with E-state index in [4.69, 9.17) is 45.9 Å². The Morgan fingerprint density at radius 2 is 1.72 bits per heavy atom. The smallest absolute Gasteiger partial charge is 0.185 e. The van der Waals surface area contributed by atoms with Crippen LogP contribution < -0.4 is 16.4 Å². The van der Waals surface area contributed by atoms with E-state index in [1.807, 2.05) is 30.3 Å². The lowest BCUT2D eigenvalue weighted by Gasteiger charge is -2.12. The third-order valence-corrected chi connectivity index (χ3v) is 5.65. The molecule has 0 aliphatic rings. The molecular weight excluding hydrogens is 429 g/mol. The molecule has 1 heterocycles. The van der Waals surface area contributed by atoms with E-state index in [9.17, 15) is 0 Å². The van der Waals surface area contributed by atoms with E-state index in [1.165, 1.54) is 0 Å². The molecule has 4 aromatic rings. The SMILES string of the molecule is N=C(N)NCCNc1cc(-c2ccc(Cl)c(Cl)c2)cc2c1[nH]c1ccc(Cl)cc12. The van der Waals surface area contributed by atoms with Crippen molar-refractivity contribution in [1.29, 1.82) is 5.41 Å². The van der Waals surface area contributed by atoms with Gasteiger partial charge in [0.15, 0.2) is 5.96 Å². The molecule has 0 saturated heterocycles. The number of H-pyrrole nitrogens is 1. The van der Waals surface area contributed by atoms with Crippen molar-refractivity contribution in [3.05, 3.63) is 63.6 Å². The average molecular weight is 447 g/mol. The maximum Gasteiger partial charge on any atom is 0.185 e. The van der Waals surface area contributed by atoms with E-state index in [2.05, 4.69) is 27.8 Å². The first-order valence-corrected chi connectivity index (χ1v) is 10.1. The van der Waals surface area contributed by atoms with E-state index in [1.54, 1.807) is 6.07 Å². The fourth-order valence-corrected chi connectivity index (χ4v) is 3.82. The lowest BCUT2D eigenvalue weighted by atomic mass is 10.0. The molecule has 0 bridgehead atoms. The predicted octanol–water partition coefficient (Wildman–Crippen LogP) is 5.84. The molecule has 0 amide bonds. The molecule has 1 aromatic heterocycles. The number of anilines is 1. The lowest BCUT2D eigenvalue weighted by molar-refractivity contribution is 0.893. The minimum atomic E-state index is -0.0539. The van der Waals surface area contributed by atoms with Gasteiger partial charge in [-0.25, -0.2) is 0 Å². The van der Waals surface area contributed by atoms with E-state index in [-0.39, 0.29) is 5.96 Å². The molecule has 0 aliphatic heterocycles. The third kappa shape index (κ3) is 4.08. The van der Waals surface area contributed by atoms with Gasteiger partial charge in [0.05, 0.1) is 21.2 Å². The zero-order valence-corrected chi connectivity index (χ0v) is 17.5. The van der Waals surface area contributed by atoms with Gasteiger partial charge in [-0.2, -0.15) is 0 Å². The lowest BCUT2D eigenvalue weighted by Crippen LogP contribution is -2.33. The summed E-state index contributed by atoms with van der Waals surface area (Å²) in [5, 5.41) is 17.3. The van der Waals surface area contributed by atoms with Crippen molar-refractivity contribution in [3.8, 4) is 11.1 Å². The molecule has 148 valence electrons. The Bertz CT molecular complexity index is 1230. The summed E-state index contributed by atoms with van der Waals surface area (Å²) in [6.45, 7) is 1.12. The second kappa shape index (κ2) is 8.03. The molecule has 8 heteroatoms. The highest BCUT2D eigenvalue weighted by molar-refractivity contribution is 6.42. The van der Waals surface area contributed by atoms with Gasteiger partial charge in [-0.05, 0) is 53.6 Å². The summed E-state index contributed by atoms with van der Waals surface area (Å²) in [6.07, 6.45) is 0. The van der Waals surface area contributed by atoms with Crippen LogP contribution in [0.25, 0.3) is 32.9 Å². The number of halogens is 3. The van der Waals surface area contributed by atoms with Crippen LogP contribution in [-0.4, -0.2) is 24.0 Å². The van der Waals surface area contributed by atoms with Crippen molar-refractivity contribution in [1.82, 2.24) is 10.3 Å². The molecule has 0 fully saturated rings. The van der Waals surface area contributed by atoms with Crippen molar-refractivity contribution >= 4 is 68.3 Å². The Hall–Kier alpha value is -2.60. The first kappa shape index (κ1) is 19.7. The maximum atomic E-state index is 7.28. The van der Waals surface area contributed by atoms with Crippen molar-refractivity contribution in [2.24, 2.45) is 5.73 Å². The number of hydrogen-bond acceptors (Lipinski definition) is 2. The number of aromatic amines is 1. The quantitative estimate of drug-likeness (QED) is 0.151. The molecule has 0 unspecified atom stereocenters. The minimum absolute atomic E-state index is 0.0539. The Morgan fingerprint density at radius 3 is 2.48 bits per heavy atom. The molecule has 0 aliphatic carbocycles. The van der Waals surface area contributed by atoms with Gasteiger partial charge >= 0.3 is 0 Å². The summed E-state index contributed by atoms with van der Waals surface area (Å²) in [6, 6.07) is 15.6. The molecule has 29 heavy (non-hydrogen) atoms. The van der Waals surface area contributed by atoms with E-state index < -0.39 is 0 Å². The standard InChI is InChI=1S/C21H18Cl3N5/c22-13-2-4-18-14(10-13)15-7-12(11-1-3-16(23)17(24)8-11)9-19(20(15)29-18)27-5-6-28-21(25)26/h1-4,7-10,27,29H,5-6H2,(H4,25,26,28). The van der Waals surface area contributed by atoms with Crippen LogP contribution in [0.3, 0.4) is 0 Å². The number of aromatic nitrogens is 1. The second-order valence-corrected chi connectivity index (χ2v) is 7.91. The highest BCUT2D eigenvalue weighted by atomic mass is 35.5. The highest BCUT2D eigenvalue weighted by Gasteiger charge is 2.13. The van der Waals surface area contributed by atoms with Gasteiger partial charge in [-0.3, -0.25) is 5.41 Å². The Morgan fingerprint density at radius 1 is 0.897 bits per heavy atom. The largest absolute Gasteiger partial charge is 0.382 e. The normalized spacial score (nSPS) is 11.1. The summed E-state index contributed by atoms with van der Waals surface area (Å²) >= 11 is 18.6. The second-order valence-electron chi connectivity index (χ2n) is 6.66. The van der Waals surface area contributed by atoms with E-state index >= 15 is 0 Å². The monoisotopic (exact) mass is 445 g/mol. The number of nitrogens with one attached hydrogen (secondary N) is 4. The molecule has 4 rings (SSSR count). The van der Waals surface area contributed by atoms with Crippen LogP contribution in [0, 0.1) is 5.41 Å². The first-order chi connectivity index (χ1) is 13.9. The van der Waals surface area contributed by atoms with Crippen molar-refractivity contribution in [2.45, 2.75) is 0 Å². The van der Waals surface area contributed by atoms with Crippen LogP contribution in [0.5, 0.6) is 0 Å². The number of rotatable bonds is 5. The number of benzene rings is 3. The molecule has 6 N–H and O–H groups in total. The number of nitrogens with two attached hydrogens (primary N) is 1. The van der Waals surface area contributed by atoms with Crippen molar-refractivity contribution < 1.29 is 0 Å². The molecule has 0 radical (unpaired) electrons. The van der Waals surface area contributed by atoms with Crippen LogP contribution >= 0.6 is 34.8 Å². The summed E-state index contributed by atoms with van der Waals surface area (Å²) in [4.78, 5) is 3.47. The van der Waals surface area contributed by atoms with Gasteiger partial charge in [-0.1, -0.05) is 40.9 Å². The molecule has 0 spiro atoms. The summed E-state index contributed by atoms with van der Waals surface area (Å²) < 4.78 is 0. The van der Waals surface area contributed by atoms with Crippen molar-refractivity contribution in [3.63, 3.8) is 0 Å². The predicted molar refractivity (Wildman–Crippen MR) is 125 cm³/mol. The van der Waals surface area contributed by atoms with Gasteiger partial charge in [0.25, 0.3) is 0 Å². The zero-order chi connectivity index (χ0) is 20.5. The zero-order valence-electron chi connectivity index (χ0n) is 15.2. The van der Waals surface area contributed by atoms with Gasteiger partial charge in [0.2, 0.25) is 0 Å². The summed E-state index contributed by atoms with van der Waals surface area (Å²) in [5.41, 5.74) is 10.2. The highest BCUT2D eigenvalue weighted by Crippen LogP contribution is 2.37. The number of fused-ring (bicyclic) bond motifs is 3. The van der Waals surface area contributed by atoms with Crippen LogP contribution in [0.15, 0.2) is 48.5 Å². The third-order valence-electron chi connectivity index (χ3n) is 4.68. The van der Waals surface area contributed by atoms with Crippen LogP contribution in [0.1, 0.15) is 0 Å². The first-order valence-electron chi connectivity index (χ1n) is 8.94. The average Bonchev–Trinajstić information content (AvgIpc) is 3.05. The Kier molecular flexibility index (Phi) is 5.46. The van der Waals surface area contributed by atoms with Gasteiger partial charge < -0.3 is 21.4 Å². The fourth-order valence-electron chi connectivity index (χ4n) is 3.35. The topological polar surface area (TPSA) is 89.7 Å². The molecule has 5 nitrogen and oxygen atoms in total. The molecule has 3 aromatic carbocycles. The summed E-state index contributed by atoms with van der Waals surface area (Å²) in [5.74, 6) is -0.0539. The van der Waals surface area contributed by atoms with Gasteiger partial charge in [-0.15, -0.1) is 0 Å². The van der Waals surface area contributed by atoms with E-state index in [0.29, 0.717) is 28.2 Å². The summed E-state index contributed by atoms with van der Waals surface area (Å²) in [7, 11) is 0. The maximum absolute atomic E-state index is 7.28. The van der Waals surface area contributed by atoms with Crippen LogP contribution in [0.2, 0.25) is 15.1 Å². The number of guanidine groups is 1. The molecule has 0 atom stereocenters. The van der Waals surface area contributed by atoms with E-state index in [0.717, 1.165) is 38.6 Å². The van der Waals surface area contributed by atoms with Crippen LogP contribution in [-0.2, 0) is 0 Å². The fraction of sp³-hybridized carbons (Fsp3) is 0.0952.